The second-order valence-corrected chi connectivity index (χ2v) is 6.61. The van der Waals surface area contributed by atoms with Gasteiger partial charge < -0.3 is 20.1 Å². The minimum Gasteiger partial charge on any atom is -0.444 e. The van der Waals surface area contributed by atoms with Crippen molar-refractivity contribution in [2.24, 2.45) is 5.92 Å². The van der Waals surface area contributed by atoms with E-state index in [-0.39, 0.29) is 6.09 Å². The Morgan fingerprint density at radius 1 is 1.19 bits per heavy atom. The number of rotatable bonds is 10. The van der Waals surface area contributed by atoms with Gasteiger partial charge in [0.05, 0.1) is 6.61 Å². The van der Waals surface area contributed by atoms with Gasteiger partial charge in [0, 0.05) is 25.7 Å². The number of nitrogens with one attached hydrogen (secondary N) is 2. The standard InChI is InChI=1S/C16H34N2O3/c1-7-20-11-10-17-14(3)12-13(2)8-9-18-15(19)21-16(4,5)6/h13-14,17H,7-12H2,1-6H3,(H,18,19)/t13-,14+/m1/s1. The molecule has 0 spiro atoms. The fourth-order valence-corrected chi connectivity index (χ4v) is 2.06. The Morgan fingerprint density at radius 3 is 2.43 bits per heavy atom. The van der Waals surface area contributed by atoms with E-state index in [2.05, 4.69) is 24.5 Å². The van der Waals surface area contributed by atoms with Crippen molar-refractivity contribution in [3.05, 3.63) is 0 Å². The van der Waals surface area contributed by atoms with Crippen molar-refractivity contribution in [2.45, 2.75) is 66.0 Å². The Hall–Kier alpha value is -0.810. The van der Waals surface area contributed by atoms with Gasteiger partial charge >= 0.3 is 6.09 Å². The first kappa shape index (κ1) is 20.2. The molecule has 0 aliphatic heterocycles. The molecule has 0 rings (SSSR count). The van der Waals surface area contributed by atoms with Crippen LogP contribution in [0.5, 0.6) is 0 Å². The highest BCUT2D eigenvalue weighted by Crippen LogP contribution is 2.10. The van der Waals surface area contributed by atoms with E-state index in [1.807, 2.05) is 27.7 Å². The summed E-state index contributed by atoms with van der Waals surface area (Å²) in [5, 5.41) is 6.24. The number of carbonyl (C=O) groups is 1. The second kappa shape index (κ2) is 10.9. The lowest BCUT2D eigenvalue weighted by Crippen LogP contribution is -2.34. The second-order valence-electron chi connectivity index (χ2n) is 6.61. The van der Waals surface area contributed by atoms with Gasteiger partial charge in [-0.05, 0) is 53.4 Å². The average molecular weight is 302 g/mol. The summed E-state index contributed by atoms with van der Waals surface area (Å²) in [6, 6.07) is 0.460. The third kappa shape index (κ3) is 13.9. The Kier molecular flexibility index (Phi) is 10.4. The molecule has 5 nitrogen and oxygen atoms in total. The summed E-state index contributed by atoms with van der Waals surface area (Å²) < 4.78 is 10.5. The van der Waals surface area contributed by atoms with Gasteiger partial charge in [-0.25, -0.2) is 4.79 Å². The van der Waals surface area contributed by atoms with Crippen LogP contribution >= 0.6 is 0 Å². The highest BCUT2D eigenvalue weighted by molar-refractivity contribution is 5.67. The zero-order valence-electron chi connectivity index (χ0n) is 14.6. The predicted octanol–water partition coefficient (Wildman–Crippen LogP) is 2.94. The number of ether oxygens (including phenoxy) is 2. The molecule has 0 radical (unpaired) electrons. The maximum absolute atomic E-state index is 11.5. The van der Waals surface area contributed by atoms with E-state index in [0.717, 1.165) is 32.6 Å². The molecule has 21 heavy (non-hydrogen) atoms. The van der Waals surface area contributed by atoms with Crippen molar-refractivity contribution >= 4 is 6.09 Å². The van der Waals surface area contributed by atoms with Crippen molar-refractivity contribution in [1.82, 2.24) is 10.6 Å². The quantitative estimate of drug-likeness (QED) is 0.609. The number of alkyl carbamates (subject to hydrolysis) is 1. The van der Waals surface area contributed by atoms with Gasteiger partial charge in [-0.2, -0.15) is 0 Å². The molecule has 0 heterocycles. The first-order chi connectivity index (χ1) is 9.74. The summed E-state index contributed by atoms with van der Waals surface area (Å²) in [4.78, 5) is 11.5. The van der Waals surface area contributed by atoms with Crippen molar-refractivity contribution in [2.75, 3.05) is 26.3 Å². The molecule has 2 atom stereocenters. The summed E-state index contributed by atoms with van der Waals surface area (Å²) >= 11 is 0. The SMILES string of the molecule is CCOCCN[C@@H](C)C[C@H](C)CCNC(=O)OC(C)(C)C. The highest BCUT2D eigenvalue weighted by Gasteiger charge is 2.16. The number of hydrogen-bond donors (Lipinski definition) is 2. The highest BCUT2D eigenvalue weighted by atomic mass is 16.6. The molecule has 0 aliphatic carbocycles. The van der Waals surface area contributed by atoms with Gasteiger partial charge in [0.1, 0.15) is 5.60 Å². The smallest absolute Gasteiger partial charge is 0.407 e. The minimum atomic E-state index is -0.436. The van der Waals surface area contributed by atoms with Crippen LogP contribution in [-0.2, 0) is 9.47 Å². The number of hydrogen-bond acceptors (Lipinski definition) is 4. The Morgan fingerprint density at radius 2 is 1.86 bits per heavy atom. The van der Waals surface area contributed by atoms with Crippen molar-refractivity contribution < 1.29 is 14.3 Å². The van der Waals surface area contributed by atoms with E-state index in [4.69, 9.17) is 9.47 Å². The molecule has 0 aromatic heterocycles. The van der Waals surface area contributed by atoms with Crippen molar-refractivity contribution in [3.8, 4) is 0 Å². The van der Waals surface area contributed by atoms with Crippen LogP contribution in [-0.4, -0.2) is 44.0 Å². The van der Waals surface area contributed by atoms with Crippen molar-refractivity contribution in [3.63, 3.8) is 0 Å². The van der Waals surface area contributed by atoms with Crippen LogP contribution in [0.15, 0.2) is 0 Å². The van der Waals surface area contributed by atoms with Gasteiger partial charge in [0.2, 0.25) is 0 Å². The molecule has 0 unspecified atom stereocenters. The van der Waals surface area contributed by atoms with Crippen molar-refractivity contribution in [1.29, 1.82) is 0 Å². The molecule has 2 N–H and O–H groups in total. The summed E-state index contributed by atoms with van der Waals surface area (Å²) in [5.41, 5.74) is -0.436. The predicted molar refractivity (Wildman–Crippen MR) is 86.6 cm³/mol. The summed E-state index contributed by atoms with van der Waals surface area (Å²) in [6.07, 6.45) is 1.70. The fourth-order valence-electron chi connectivity index (χ4n) is 2.06. The van der Waals surface area contributed by atoms with E-state index < -0.39 is 5.60 Å². The molecule has 0 saturated heterocycles. The summed E-state index contributed by atoms with van der Waals surface area (Å²) in [7, 11) is 0. The maximum atomic E-state index is 11.5. The van der Waals surface area contributed by atoms with Crippen LogP contribution in [0.1, 0.15) is 54.4 Å². The fraction of sp³-hybridized carbons (Fsp3) is 0.938. The minimum absolute atomic E-state index is 0.336. The molecule has 0 bridgehead atoms. The molecule has 126 valence electrons. The molecule has 0 aromatic carbocycles. The first-order valence-corrected chi connectivity index (χ1v) is 8.02. The van der Waals surface area contributed by atoms with Gasteiger partial charge in [-0.3, -0.25) is 0 Å². The van der Waals surface area contributed by atoms with Crippen LogP contribution in [0, 0.1) is 5.92 Å². The van der Waals surface area contributed by atoms with Crippen LogP contribution < -0.4 is 10.6 Å². The summed E-state index contributed by atoms with van der Waals surface area (Å²) in [5.74, 6) is 0.550. The lowest BCUT2D eigenvalue weighted by Gasteiger charge is -2.21. The third-order valence-corrected chi connectivity index (χ3v) is 3.00. The van der Waals surface area contributed by atoms with Gasteiger partial charge in [0.15, 0.2) is 0 Å². The number of amides is 1. The number of carbonyl (C=O) groups excluding carboxylic acids is 1. The third-order valence-electron chi connectivity index (χ3n) is 3.00. The van der Waals surface area contributed by atoms with Crippen LogP contribution in [0.4, 0.5) is 4.79 Å². The van der Waals surface area contributed by atoms with E-state index in [1.165, 1.54) is 0 Å². The largest absolute Gasteiger partial charge is 0.444 e. The maximum Gasteiger partial charge on any atom is 0.407 e. The zero-order chi connectivity index (χ0) is 16.3. The topological polar surface area (TPSA) is 59.6 Å². The molecule has 0 saturated carbocycles. The Balaban J connectivity index is 3.65. The molecule has 0 aromatic rings. The summed E-state index contributed by atoms with van der Waals surface area (Å²) in [6.45, 7) is 15.1. The monoisotopic (exact) mass is 302 g/mol. The lowest BCUT2D eigenvalue weighted by atomic mass is 9.99. The average Bonchev–Trinajstić information content (AvgIpc) is 2.32. The molecule has 5 heteroatoms. The van der Waals surface area contributed by atoms with Gasteiger partial charge in [0.25, 0.3) is 0 Å². The molecular formula is C16H34N2O3. The van der Waals surface area contributed by atoms with Crippen LogP contribution in [0.2, 0.25) is 0 Å². The lowest BCUT2D eigenvalue weighted by molar-refractivity contribution is 0.0525. The first-order valence-electron chi connectivity index (χ1n) is 8.02. The molecule has 0 aliphatic rings. The van der Waals surface area contributed by atoms with E-state index in [0.29, 0.717) is 18.5 Å². The normalized spacial score (nSPS) is 14.6. The Labute approximate surface area is 130 Å². The van der Waals surface area contributed by atoms with Gasteiger partial charge in [-0.1, -0.05) is 6.92 Å². The Bertz CT molecular complexity index is 277. The molecular weight excluding hydrogens is 268 g/mol. The molecule has 0 fully saturated rings. The zero-order valence-corrected chi connectivity index (χ0v) is 14.6. The van der Waals surface area contributed by atoms with Crippen LogP contribution in [0.3, 0.4) is 0 Å². The van der Waals surface area contributed by atoms with E-state index in [1.54, 1.807) is 0 Å². The van der Waals surface area contributed by atoms with Crippen LogP contribution in [0.25, 0.3) is 0 Å². The molecule has 1 amide bonds. The van der Waals surface area contributed by atoms with E-state index >= 15 is 0 Å². The van der Waals surface area contributed by atoms with Gasteiger partial charge in [-0.15, -0.1) is 0 Å². The van der Waals surface area contributed by atoms with E-state index in [9.17, 15) is 4.79 Å².